The van der Waals surface area contributed by atoms with E-state index >= 15 is 0 Å². The fourth-order valence-corrected chi connectivity index (χ4v) is 0.599. The van der Waals surface area contributed by atoms with Gasteiger partial charge in [-0.2, -0.15) is 4.39 Å². The van der Waals surface area contributed by atoms with E-state index in [-0.39, 0.29) is 17.2 Å². The number of hydrogen-bond acceptors (Lipinski definition) is 4. The SMILES string of the molecule is C=CN/C(N=C(C)F)=C(\N)C(C)=N. The van der Waals surface area contributed by atoms with Gasteiger partial charge in [0.2, 0.25) is 0 Å². The van der Waals surface area contributed by atoms with Crippen molar-refractivity contribution in [1.29, 1.82) is 5.41 Å². The van der Waals surface area contributed by atoms with Crippen molar-refractivity contribution >= 4 is 11.7 Å². The van der Waals surface area contributed by atoms with Crippen molar-refractivity contribution in [1.82, 2.24) is 5.32 Å². The smallest absolute Gasteiger partial charge is 0.187 e. The summed E-state index contributed by atoms with van der Waals surface area (Å²) in [6.07, 6.45) is 1.32. The number of nitrogens with two attached hydrogens (primary N) is 1. The summed E-state index contributed by atoms with van der Waals surface area (Å²) in [6.45, 7) is 6.07. The van der Waals surface area contributed by atoms with Crippen molar-refractivity contribution < 1.29 is 4.39 Å². The molecule has 0 radical (unpaired) electrons. The molecule has 0 heterocycles. The molecule has 0 aliphatic rings. The predicted octanol–water partition coefficient (Wildman–Crippen LogP) is 1.27. The normalized spacial score (nSPS) is 13.3. The summed E-state index contributed by atoms with van der Waals surface area (Å²) in [4.78, 5) is 3.47. The third-order valence-corrected chi connectivity index (χ3v) is 1.16. The molecule has 0 aliphatic carbocycles. The minimum Gasteiger partial charge on any atom is -0.394 e. The van der Waals surface area contributed by atoms with Crippen LogP contribution < -0.4 is 11.1 Å². The molecular formula is C8H13FN4. The van der Waals surface area contributed by atoms with Gasteiger partial charge < -0.3 is 16.5 Å². The van der Waals surface area contributed by atoms with Crippen LogP contribution in [0.15, 0.2) is 29.3 Å². The van der Waals surface area contributed by atoms with Gasteiger partial charge in [0.05, 0.1) is 11.4 Å². The lowest BCUT2D eigenvalue weighted by Gasteiger charge is -2.05. The van der Waals surface area contributed by atoms with Gasteiger partial charge in [0.1, 0.15) is 0 Å². The average molecular weight is 184 g/mol. The van der Waals surface area contributed by atoms with Crippen LogP contribution in [-0.4, -0.2) is 11.7 Å². The Balaban J connectivity index is 4.99. The zero-order valence-electron chi connectivity index (χ0n) is 7.69. The summed E-state index contributed by atoms with van der Waals surface area (Å²) >= 11 is 0. The number of nitrogens with zero attached hydrogens (tertiary/aromatic N) is 1. The van der Waals surface area contributed by atoms with Gasteiger partial charge in [0.25, 0.3) is 0 Å². The minimum atomic E-state index is -0.631. The molecule has 0 amide bonds. The molecule has 0 rings (SSSR count). The Morgan fingerprint density at radius 3 is 2.46 bits per heavy atom. The van der Waals surface area contributed by atoms with E-state index in [1.807, 2.05) is 0 Å². The quantitative estimate of drug-likeness (QED) is 0.575. The van der Waals surface area contributed by atoms with Crippen LogP contribution >= 0.6 is 0 Å². The summed E-state index contributed by atoms with van der Waals surface area (Å²) in [6, 6.07) is 0. The van der Waals surface area contributed by atoms with E-state index in [2.05, 4.69) is 16.9 Å². The molecule has 0 spiro atoms. The highest BCUT2D eigenvalue weighted by atomic mass is 19.1. The second kappa shape index (κ2) is 5.08. The fraction of sp³-hybridized carbons (Fsp3) is 0.250. The molecule has 0 atom stereocenters. The summed E-state index contributed by atoms with van der Waals surface area (Å²) in [5.41, 5.74) is 5.68. The molecule has 0 bridgehead atoms. The molecule has 4 nitrogen and oxygen atoms in total. The summed E-state index contributed by atoms with van der Waals surface area (Å²) in [7, 11) is 0. The highest BCUT2D eigenvalue weighted by molar-refractivity contribution is 5.95. The predicted molar refractivity (Wildman–Crippen MR) is 52.2 cm³/mol. The fourth-order valence-electron chi connectivity index (χ4n) is 0.599. The molecule has 0 aromatic carbocycles. The van der Waals surface area contributed by atoms with E-state index in [1.54, 1.807) is 0 Å². The number of hydrogen-bond donors (Lipinski definition) is 3. The number of rotatable bonds is 4. The first-order valence-corrected chi connectivity index (χ1v) is 3.62. The molecule has 5 heteroatoms. The van der Waals surface area contributed by atoms with Crippen molar-refractivity contribution in [2.24, 2.45) is 10.7 Å². The lowest BCUT2D eigenvalue weighted by atomic mass is 10.3. The Morgan fingerprint density at radius 2 is 2.15 bits per heavy atom. The van der Waals surface area contributed by atoms with Crippen LogP contribution in [0.3, 0.4) is 0 Å². The number of halogens is 1. The highest BCUT2D eigenvalue weighted by Gasteiger charge is 2.02. The number of nitrogens with one attached hydrogen (secondary N) is 2. The van der Waals surface area contributed by atoms with Crippen molar-refractivity contribution in [2.75, 3.05) is 0 Å². The van der Waals surface area contributed by atoms with Crippen LogP contribution in [0.4, 0.5) is 4.39 Å². The van der Waals surface area contributed by atoms with Gasteiger partial charge in [-0.15, -0.1) is 0 Å². The van der Waals surface area contributed by atoms with Crippen molar-refractivity contribution in [3.63, 3.8) is 0 Å². The van der Waals surface area contributed by atoms with E-state index in [9.17, 15) is 4.39 Å². The zero-order chi connectivity index (χ0) is 10.4. The Labute approximate surface area is 76.6 Å². The molecule has 13 heavy (non-hydrogen) atoms. The second-order valence-electron chi connectivity index (χ2n) is 2.34. The molecule has 0 aromatic heterocycles. The lowest BCUT2D eigenvalue weighted by Crippen LogP contribution is -2.17. The van der Waals surface area contributed by atoms with Crippen molar-refractivity contribution in [3.8, 4) is 0 Å². The van der Waals surface area contributed by atoms with Crippen LogP contribution in [-0.2, 0) is 0 Å². The average Bonchev–Trinajstić information content (AvgIpc) is 2.01. The Hall–Kier alpha value is -1.65. The van der Waals surface area contributed by atoms with Crippen LogP contribution in [0.2, 0.25) is 0 Å². The summed E-state index contributed by atoms with van der Waals surface area (Å²) < 4.78 is 12.4. The van der Waals surface area contributed by atoms with Gasteiger partial charge in [-0.25, -0.2) is 4.99 Å². The number of aliphatic imine (C=N–C) groups is 1. The first-order chi connectivity index (χ1) is 5.99. The van der Waals surface area contributed by atoms with Crippen LogP contribution in [0.25, 0.3) is 0 Å². The Kier molecular flexibility index (Phi) is 4.43. The van der Waals surface area contributed by atoms with Gasteiger partial charge in [-0.3, -0.25) is 0 Å². The van der Waals surface area contributed by atoms with Crippen LogP contribution in [0.1, 0.15) is 13.8 Å². The second-order valence-corrected chi connectivity index (χ2v) is 2.34. The van der Waals surface area contributed by atoms with Crippen molar-refractivity contribution in [3.05, 3.63) is 24.3 Å². The molecule has 0 fully saturated rings. The maximum Gasteiger partial charge on any atom is 0.187 e. The molecular weight excluding hydrogens is 171 g/mol. The first-order valence-electron chi connectivity index (χ1n) is 3.62. The number of allylic oxidation sites excluding steroid dienone is 1. The minimum absolute atomic E-state index is 0.0944. The third kappa shape index (κ3) is 4.05. The molecule has 0 unspecified atom stereocenters. The van der Waals surface area contributed by atoms with E-state index in [0.29, 0.717) is 0 Å². The monoisotopic (exact) mass is 184 g/mol. The van der Waals surface area contributed by atoms with E-state index in [0.717, 1.165) is 0 Å². The van der Waals surface area contributed by atoms with Gasteiger partial charge in [-0.1, -0.05) is 6.58 Å². The summed E-state index contributed by atoms with van der Waals surface area (Å²) in [5, 5.41) is 9.75. The van der Waals surface area contributed by atoms with Gasteiger partial charge in [0.15, 0.2) is 11.8 Å². The standard InChI is InChI=1S/C8H13FN4/c1-4-12-8(13-6(3)9)7(11)5(2)10/h4,10,12H,1,11H2,2-3H3/b8-7+,10-5?,13-6?. The summed E-state index contributed by atoms with van der Waals surface area (Å²) in [5.74, 6) is -0.531. The van der Waals surface area contributed by atoms with Crippen molar-refractivity contribution in [2.45, 2.75) is 13.8 Å². The van der Waals surface area contributed by atoms with Gasteiger partial charge >= 0.3 is 0 Å². The first kappa shape index (κ1) is 11.4. The Bertz CT molecular complexity index is 274. The topological polar surface area (TPSA) is 74.3 Å². The highest BCUT2D eigenvalue weighted by Crippen LogP contribution is 2.00. The van der Waals surface area contributed by atoms with E-state index in [4.69, 9.17) is 11.1 Å². The van der Waals surface area contributed by atoms with Crippen LogP contribution in [0, 0.1) is 5.41 Å². The van der Waals surface area contributed by atoms with Crippen LogP contribution in [0.5, 0.6) is 0 Å². The largest absolute Gasteiger partial charge is 0.394 e. The third-order valence-electron chi connectivity index (χ3n) is 1.16. The molecule has 0 saturated heterocycles. The van der Waals surface area contributed by atoms with E-state index in [1.165, 1.54) is 20.0 Å². The molecule has 0 aliphatic heterocycles. The molecule has 0 saturated carbocycles. The maximum atomic E-state index is 12.4. The molecule has 4 N–H and O–H groups in total. The van der Waals surface area contributed by atoms with Gasteiger partial charge in [-0.05, 0) is 13.1 Å². The molecule has 72 valence electrons. The lowest BCUT2D eigenvalue weighted by molar-refractivity contribution is 0.787. The zero-order valence-corrected chi connectivity index (χ0v) is 7.69. The molecule has 0 aromatic rings. The van der Waals surface area contributed by atoms with E-state index < -0.39 is 5.97 Å². The maximum absolute atomic E-state index is 12.4. The Morgan fingerprint density at radius 1 is 1.62 bits per heavy atom. The van der Waals surface area contributed by atoms with Gasteiger partial charge in [0, 0.05) is 6.92 Å².